The highest BCUT2D eigenvalue weighted by Crippen LogP contribution is 2.40. The molecule has 2 heterocycles. The van der Waals surface area contributed by atoms with Gasteiger partial charge in [0, 0.05) is 44.6 Å². The molecule has 26 heavy (non-hydrogen) atoms. The van der Waals surface area contributed by atoms with Crippen LogP contribution in [-0.4, -0.2) is 71.6 Å². The van der Waals surface area contributed by atoms with E-state index in [0.717, 1.165) is 45.2 Å². The fraction of sp³-hybridized carbons (Fsp3) is 0.895. The molecule has 0 aromatic rings. The molecule has 2 aliphatic heterocycles. The summed E-state index contributed by atoms with van der Waals surface area (Å²) in [4.78, 5) is 29.4. The van der Waals surface area contributed by atoms with Gasteiger partial charge in [-0.1, -0.05) is 0 Å². The second kappa shape index (κ2) is 7.09. The minimum absolute atomic E-state index is 0.0271. The number of carbonyl (C=O) groups is 2. The monoisotopic (exact) mass is 363 g/mol. The van der Waals surface area contributed by atoms with Crippen LogP contribution in [-0.2, 0) is 9.59 Å². The third kappa shape index (κ3) is 3.37. The SMILES string of the molecule is CC(=O)N1C2CCC(C3CNC(N)CN3)CC2N(C(=O)C2CC2)C[C@@H]1C. The number of carbonyl (C=O) groups excluding carboxylic acids is 2. The zero-order chi connectivity index (χ0) is 18.4. The van der Waals surface area contributed by atoms with Crippen molar-refractivity contribution >= 4 is 11.8 Å². The Balaban J connectivity index is 1.52. The van der Waals surface area contributed by atoms with E-state index in [1.807, 2.05) is 0 Å². The molecule has 7 heteroatoms. The maximum atomic E-state index is 12.9. The molecule has 4 aliphatic rings. The van der Waals surface area contributed by atoms with Crippen LogP contribution in [0.5, 0.6) is 0 Å². The van der Waals surface area contributed by atoms with Crippen LogP contribution < -0.4 is 16.4 Å². The lowest BCUT2D eigenvalue weighted by atomic mass is 9.75. The molecule has 4 fully saturated rings. The number of nitrogens with one attached hydrogen (secondary N) is 2. The summed E-state index contributed by atoms with van der Waals surface area (Å²) in [5.74, 6) is 1.23. The van der Waals surface area contributed by atoms with Gasteiger partial charge in [-0.2, -0.15) is 0 Å². The molecule has 146 valence electrons. The van der Waals surface area contributed by atoms with E-state index in [9.17, 15) is 9.59 Å². The van der Waals surface area contributed by atoms with Crippen molar-refractivity contribution in [3.8, 4) is 0 Å². The van der Waals surface area contributed by atoms with Crippen molar-refractivity contribution in [1.82, 2.24) is 20.4 Å². The molecule has 7 nitrogen and oxygen atoms in total. The highest BCUT2D eigenvalue weighted by molar-refractivity contribution is 5.82. The van der Waals surface area contributed by atoms with Crippen LogP contribution in [0.4, 0.5) is 0 Å². The van der Waals surface area contributed by atoms with Crippen LogP contribution in [0.15, 0.2) is 0 Å². The number of hydrogen-bond donors (Lipinski definition) is 3. The highest BCUT2D eigenvalue weighted by atomic mass is 16.2. The molecule has 2 saturated carbocycles. The van der Waals surface area contributed by atoms with Crippen molar-refractivity contribution in [3.63, 3.8) is 0 Å². The first kappa shape index (κ1) is 18.2. The van der Waals surface area contributed by atoms with Crippen molar-refractivity contribution in [2.75, 3.05) is 19.6 Å². The second-order valence-electron chi connectivity index (χ2n) is 8.78. The van der Waals surface area contributed by atoms with Gasteiger partial charge in [0.1, 0.15) is 0 Å². The van der Waals surface area contributed by atoms with E-state index < -0.39 is 0 Å². The van der Waals surface area contributed by atoms with Gasteiger partial charge in [-0.3, -0.25) is 14.9 Å². The number of nitrogens with two attached hydrogens (primary N) is 1. The predicted octanol–water partition coefficient (Wildman–Crippen LogP) is -0.141. The summed E-state index contributed by atoms with van der Waals surface area (Å²) in [6, 6.07) is 0.854. The molecule has 0 aromatic carbocycles. The van der Waals surface area contributed by atoms with Gasteiger partial charge in [-0.25, -0.2) is 0 Å². The molecule has 0 radical (unpaired) electrons. The van der Waals surface area contributed by atoms with E-state index in [0.29, 0.717) is 24.4 Å². The molecule has 2 saturated heterocycles. The summed E-state index contributed by atoms with van der Waals surface area (Å²) in [6.07, 6.45) is 5.16. The molecule has 0 spiro atoms. The van der Waals surface area contributed by atoms with Gasteiger partial charge in [0.2, 0.25) is 11.8 Å². The molecule has 2 aliphatic carbocycles. The van der Waals surface area contributed by atoms with Crippen molar-refractivity contribution < 1.29 is 9.59 Å². The average Bonchev–Trinajstić information content (AvgIpc) is 3.45. The van der Waals surface area contributed by atoms with Gasteiger partial charge in [-0.05, 0) is 44.9 Å². The first-order valence-electron chi connectivity index (χ1n) is 10.3. The molecule has 0 aromatic heterocycles. The van der Waals surface area contributed by atoms with Crippen LogP contribution in [0.3, 0.4) is 0 Å². The van der Waals surface area contributed by atoms with Crippen LogP contribution >= 0.6 is 0 Å². The Hall–Kier alpha value is -1.18. The molecule has 4 N–H and O–H groups in total. The van der Waals surface area contributed by atoms with Crippen molar-refractivity contribution in [3.05, 3.63) is 0 Å². The highest BCUT2D eigenvalue weighted by Gasteiger charge is 2.49. The molecule has 2 amide bonds. The number of hydrogen-bond acceptors (Lipinski definition) is 5. The number of piperazine rings is 2. The fourth-order valence-electron chi connectivity index (χ4n) is 5.42. The van der Waals surface area contributed by atoms with E-state index in [2.05, 4.69) is 27.4 Å². The Morgan fingerprint density at radius 1 is 1.04 bits per heavy atom. The summed E-state index contributed by atoms with van der Waals surface area (Å²) in [5.41, 5.74) is 5.93. The van der Waals surface area contributed by atoms with E-state index >= 15 is 0 Å². The first-order valence-corrected chi connectivity index (χ1v) is 10.3. The summed E-state index contributed by atoms with van der Waals surface area (Å²) >= 11 is 0. The number of amides is 2. The van der Waals surface area contributed by atoms with E-state index in [-0.39, 0.29) is 36.1 Å². The van der Waals surface area contributed by atoms with E-state index in [1.165, 1.54) is 0 Å². The lowest BCUT2D eigenvalue weighted by Crippen LogP contribution is -2.68. The van der Waals surface area contributed by atoms with Crippen molar-refractivity contribution in [1.29, 1.82) is 0 Å². The topological polar surface area (TPSA) is 90.7 Å². The lowest BCUT2D eigenvalue weighted by molar-refractivity contribution is -0.155. The maximum Gasteiger partial charge on any atom is 0.226 e. The van der Waals surface area contributed by atoms with Crippen LogP contribution in [0, 0.1) is 11.8 Å². The third-order valence-electron chi connectivity index (χ3n) is 6.86. The third-order valence-corrected chi connectivity index (χ3v) is 6.86. The summed E-state index contributed by atoms with van der Waals surface area (Å²) in [7, 11) is 0. The van der Waals surface area contributed by atoms with Crippen LogP contribution in [0.1, 0.15) is 46.0 Å². The Bertz CT molecular complexity index is 558. The largest absolute Gasteiger partial charge is 0.335 e. The average molecular weight is 364 g/mol. The molecule has 6 atom stereocenters. The molecule has 5 unspecified atom stereocenters. The maximum absolute atomic E-state index is 12.9. The zero-order valence-electron chi connectivity index (χ0n) is 16.0. The molecule has 0 bridgehead atoms. The Kier molecular flexibility index (Phi) is 4.96. The Morgan fingerprint density at radius 2 is 1.81 bits per heavy atom. The lowest BCUT2D eigenvalue weighted by Gasteiger charge is -2.55. The molecular formula is C19H33N5O2. The summed E-state index contributed by atoms with van der Waals surface area (Å²) in [5, 5.41) is 6.95. The van der Waals surface area contributed by atoms with Gasteiger partial charge in [0.25, 0.3) is 0 Å². The fourth-order valence-corrected chi connectivity index (χ4v) is 5.42. The van der Waals surface area contributed by atoms with Gasteiger partial charge in [0.15, 0.2) is 0 Å². The minimum atomic E-state index is 0.0271. The number of rotatable bonds is 2. The van der Waals surface area contributed by atoms with Gasteiger partial charge in [0.05, 0.1) is 18.2 Å². The van der Waals surface area contributed by atoms with Gasteiger partial charge >= 0.3 is 0 Å². The van der Waals surface area contributed by atoms with Crippen molar-refractivity contribution in [2.24, 2.45) is 17.6 Å². The summed E-state index contributed by atoms with van der Waals surface area (Å²) < 4.78 is 0. The number of nitrogens with zero attached hydrogens (tertiary/aromatic N) is 2. The van der Waals surface area contributed by atoms with E-state index in [4.69, 9.17) is 5.73 Å². The number of fused-ring (bicyclic) bond motifs is 1. The molecular weight excluding hydrogens is 330 g/mol. The van der Waals surface area contributed by atoms with E-state index in [1.54, 1.807) is 6.92 Å². The normalized spacial score (nSPS) is 40.9. The molecule has 4 rings (SSSR count). The Morgan fingerprint density at radius 3 is 2.42 bits per heavy atom. The first-order chi connectivity index (χ1) is 12.5. The smallest absolute Gasteiger partial charge is 0.226 e. The standard InChI is InChI=1S/C19H33N5O2/c1-11-10-23(19(26)13-3-4-13)17-7-14(15-8-22-18(20)9-21-15)5-6-16(17)24(11)12(2)25/h11,13-18,21-22H,3-10,20H2,1-2H3/t11-,14?,15?,16?,17?,18?/m0/s1. The Labute approximate surface area is 156 Å². The van der Waals surface area contributed by atoms with Gasteiger partial charge < -0.3 is 20.9 Å². The van der Waals surface area contributed by atoms with Crippen LogP contribution in [0.2, 0.25) is 0 Å². The van der Waals surface area contributed by atoms with Crippen LogP contribution in [0.25, 0.3) is 0 Å². The second-order valence-corrected chi connectivity index (χ2v) is 8.78. The van der Waals surface area contributed by atoms with Gasteiger partial charge in [-0.15, -0.1) is 0 Å². The zero-order valence-corrected chi connectivity index (χ0v) is 16.0. The van der Waals surface area contributed by atoms with Crippen molar-refractivity contribution in [2.45, 2.75) is 76.3 Å². The summed E-state index contributed by atoms with van der Waals surface area (Å²) in [6.45, 7) is 6.12. The predicted molar refractivity (Wildman–Crippen MR) is 99.1 cm³/mol. The minimum Gasteiger partial charge on any atom is -0.335 e. The quantitative estimate of drug-likeness (QED) is 0.635.